The number of nitrogens with zero attached hydrogens (tertiary/aromatic N) is 1. The van der Waals surface area contributed by atoms with Crippen molar-refractivity contribution < 1.29 is 4.79 Å². The summed E-state index contributed by atoms with van der Waals surface area (Å²) in [6.45, 7) is 6.30. The van der Waals surface area contributed by atoms with Crippen LogP contribution < -0.4 is 11.1 Å². The molecule has 1 aromatic carbocycles. The van der Waals surface area contributed by atoms with Crippen molar-refractivity contribution in [1.29, 1.82) is 0 Å². The number of piperidine rings is 1. The molecule has 0 radical (unpaired) electrons. The molecule has 4 nitrogen and oxygen atoms in total. The lowest BCUT2D eigenvalue weighted by Gasteiger charge is -2.36. The summed E-state index contributed by atoms with van der Waals surface area (Å²) in [4.78, 5) is 14.3. The number of halogens is 1. The number of likely N-dealkylation sites (tertiary alicyclic amines) is 1. The first-order chi connectivity index (χ1) is 9.99. The Hall–Kier alpha value is -1.10. The Balaban J connectivity index is 1.90. The largest absolute Gasteiger partial charge is 0.327 e. The maximum absolute atomic E-state index is 12.2. The van der Waals surface area contributed by atoms with Gasteiger partial charge in [0.15, 0.2) is 0 Å². The van der Waals surface area contributed by atoms with E-state index in [0.29, 0.717) is 23.2 Å². The smallest absolute Gasteiger partial charge is 0.238 e. The average molecular weight is 310 g/mol. The van der Waals surface area contributed by atoms with Gasteiger partial charge in [-0.3, -0.25) is 9.69 Å². The van der Waals surface area contributed by atoms with E-state index < -0.39 is 0 Å². The van der Waals surface area contributed by atoms with Crippen LogP contribution in [0.3, 0.4) is 0 Å². The molecule has 0 aromatic heterocycles. The number of nitrogens with two attached hydrogens (primary N) is 1. The SMILES string of the molecule is CCC1CN(CC(=O)Nc2ccc(C)cc2Cl)CCC1N. The highest BCUT2D eigenvalue weighted by molar-refractivity contribution is 6.33. The molecular formula is C16H24ClN3O. The molecule has 0 bridgehead atoms. The second-order valence-electron chi connectivity index (χ2n) is 5.89. The number of aryl methyl sites for hydroxylation is 1. The van der Waals surface area contributed by atoms with E-state index in [-0.39, 0.29) is 11.9 Å². The Bertz CT molecular complexity index is 506. The van der Waals surface area contributed by atoms with E-state index >= 15 is 0 Å². The number of hydrogen-bond donors (Lipinski definition) is 2. The monoisotopic (exact) mass is 309 g/mol. The van der Waals surface area contributed by atoms with Crippen LogP contribution in [0.15, 0.2) is 18.2 Å². The number of amides is 1. The summed E-state index contributed by atoms with van der Waals surface area (Å²) < 4.78 is 0. The summed E-state index contributed by atoms with van der Waals surface area (Å²) in [7, 11) is 0. The van der Waals surface area contributed by atoms with Crippen LogP contribution in [0.25, 0.3) is 0 Å². The average Bonchev–Trinajstić information content (AvgIpc) is 2.44. The molecule has 5 heteroatoms. The fourth-order valence-electron chi connectivity index (χ4n) is 2.82. The highest BCUT2D eigenvalue weighted by atomic mass is 35.5. The Labute approximate surface area is 131 Å². The lowest BCUT2D eigenvalue weighted by atomic mass is 9.91. The number of nitrogens with one attached hydrogen (secondary N) is 1. The molecule has 1 fully saturated rings. The summed E-state index contributed by atoms with van der Waals surface area (Å²) in [5.41, 5.74) is 7.85. The topological polar surface area (TPSA) is 58.4 Å². The first-order valence-electron chi connectivity index (χ1n) is 7.53. The predicted octanol–water partition coefficient (Wildman–Crippen LogP) is 2.65. The summed E-state index contributed by atoms with van der Waals surface area (Å²) in [5.74, 6) is 0.459. The van der Waals surface area contributed by atoms with E-state index in [1.165, 1.54) is 0 Å². The highest BCUT2D eigenvalue weighted by Gasteiger charge is 2.26. The van der Waals surface area contributed by atoms with E-state index in [4.69, 9.17) is 17.3 Å². The van der Waals surface area contributed by atoms with E-state index in [0.717, 1.165) is 31.5 Å². The minimum absolute atomic E-state index is 0.0222. The minimum atomic E-state index is -0.0222. The van der Waals surface area contributed by atoms with E-state index in [9.17, 15) is 4.79 Å². The molecule has 1 aliphatic rings. The second kappa shape index (κ2) is 7.25. The summed E-state index contributed by atoms with van der Waals surface area (Å²) in [6, 6.07) is 5.90. The molecule has 0 saturated carbocycles. The van der Waals surface area contributed by atoms with Crippen LogP contribution in [0.2, 0.25) is 5.02 Å². The summed E-state index contributed by atoms with van der Waals surface area (Å²) in [5, 5.41) is 3.46. The lowest BCUT2D eigenvalue weighted by molar-refractivity contribution is -0.117. The number of benzene rings is 1. The summed E-state index contributed by atoms with van der Waals surface area (Å²) >= 11 is 6.14. The van der Waals surface area contributed by atoms with Crippen molar-refractivity contribution in [2.45, 2.75) is 32.7 Å². The molecule has 1 amide bonds. The van der Waals surface area contributed by atoms with Crippen molar-refractivity contribution >= 4 is 23.2 Å². The van der Waals surface area contributed by atoms with Crippen LogP contribution in [-0.4, -0.2) is 36.5 Å². The third-order valence-electron chi connectivity index (χ3n) is 4.17. The normalized spacial score (nSPS) is 23.0. The van der Waals surface area contributed by atoms with Gasteiger partial charge in [0.2, 0.25) is 5.91 Å². The number of anilines is 1. The fraction of sp³-hybridized carbons (Fsp3) is 0.562. The van der Waals surface area contributed by atoms with Crippen molar-refractivity contribution in [1.82, 2.24) is 4.90 Å². The van der Waals surface area contributed by atoms with E-state index in [1.807, 2.05) is 25.1 Å². The third-order valence-corrected chi connectivity index (χ3v) is 4.48. The molecule has 116 valence electrons. The van der Waals surface area contributed by atoms with Crippen LogP contribution >= 0.6 is 11.6 Å². The zero-order valence-corrected chi connectivity index (χ0v) is 13.5. The molecule has 2 rings (SSSR count). The molecule has 0 spiro atoms. The second-order valence-corrected chi connectivity index (χ2v) is 6.29. The van der Waals surface area contributed by atoms with Gasteiger partial charge >= 0.3 is 0 Å². The quantitative estimate of drug-likeness (QED) is 0.899. The maximum Gasteiger partial charge on any atom is 0.238 e. The van der Waals surface area contributed by atoms with Crippen LogP contribution in [0.4, 0.5) is 5.69 Å². The van der Waals surface area contributed by atoms with Crippen molar-refractivity contribution in [3.63, 3.8) is 0 Å². The Morgan fingerprint density at radius 1 is 1.52 bits per heavy atom. The van der Waals surface area contributed by atoms with Crippen LogP contribution in [-0.2, 0) is 4.79 Å². The molecule has 3 N–H and O–H groups in total. The Kier molecular flexibility index (Phi) is 5.62. The van der Waals surface area contributed by atoms with Gasteiger partial charge in [0.05, 0.1) is 17.3 Å². The fourth-order valence-corrected chi connectivity index (χ4v) is 3.10. The molecule has 2 atom stereocenters. The van der Waals surface area contributed by atoms with Gasteiger partial charge in [-0.2, -0.15) is 0 Å². The van der Waals surface area contributed by atoms with Crippen LogP contribution in [0.5, 0.6) is 0 Å². The molecule has 1 aromatic rings. The lowest BCUT2D eigenvalue weighted by Crippen LogP contribution is -2.48. The Morgan fingerprint density at radius 2 is 2.29 bits per heavy atom. The zero-order valence-electron chi connectivity index (χ0n) is 12.7. The zero-order chi connectivity index (χ0) is 15.4. The van der Waals surface area contributed by atoms with Crippen molar-refractivity contribution in [2.24, 2.45) is 11.7 Å². The third kappa shape index (κ3) is 4.43. The van der Waals surface area contributed by atoms with Gasteiger partial charge in [0.25, 0.3) is 0 Å². The van der Waals surface area contributed by atoms with Gasteiger partial charge in [-0.15, -0.1) is 0 Å². The van der Waals surface area contributed by atoms with Crippen molar-refractivity contribution in [3.8, 4) is 0 Å². The molecule has 1 heterocycles. The predicted molar refractivity (Wildman–Crippen MR) is 87.6 cm³/mol. The highest BCUT2D eigenvalue weighted by Crippen LogP contribution is 2.23. The summed E-state index contributed by atoms with van der Waals surface area (Å²) in [6.07, 6.45) is 2.01. The van der Waals surface area contributed by atoms with Gasteiger partial charge in [0.1, 0.15) is 0 Å². The minimum Gasteiger partial charge on any atom is -0.327 e. The van der Waals surface area contributed by atoms with Gasteiger partial charge < -0.3 is 11.1 Å². The molecule has 0 aliphatic carbocycles. The van der Waals surface area contributed by atoms with Gasteiger partial charge in [-0.05, 0) is 37.0 Å². The molecular weight excluding hydrogens is 286 g/mol. The van der Waals surface area contributed by atoms with Gasteiger partial charge in [0, 0.05) is 19.1 Å². The van der Waals surface area contributed by atoms with E-state index in [1.54, 1.807) is 0 Å². The first-order valence-corrected chi connectivity index (χ1v) is 7.91. The van der Waals surface area contributed by atoms with E-state index in [2.05, 4.69) is 17.1 Å². The van der Waals surface area contributed by atoms with Crippen molar-refractivity contribution in [2.75, 3.05) is 25.0 Å². The molecule has 1 aliphatic heterocycles. The maximum atomic E-state index is 12.2. The number of carbonyl (C=O) groups excluding carboxylic acids is 1. The number of carbonyl (C=O) groups is 1. The molecule has 1 saturated heterocycles. The van der Waals surface area contributed by atoms with Crippen molar-refractivity contribution in [3.05, 3.63) is 28.8 Å². The first kappa shape index (κ1) is 16.3. The number of rotatable bonds is 4. The van der Waals surface area contributed by atoms with Gasteiger partial charge in [-0.25, -0.2) is 0 Å². The molecule has 2 unspecified atom stereocenters. The van der Waals surface area contributed by atoms with Crippen LogP contribution in [0, 0.1) is 12.8 Å². The van der Waals surface area contributed by atoms with Gasteiger partial charge in [-0.1, -0.05) is 31.0 Å². The standard InChI is InChI=1S/C16H24ClN3O/c1-3-12-9-20(7-6-14(12)18)10-16(21)19-15-5-4-11(2)8-13(15)17/h4-5,8,12,14H,3,6-7,9-10,18H2,1-2H3,(H,19,21). The van der Waals surface area contributed by atoms with Crippen LogP contribution in [0.1, 0.15) is 25.3 Å². The Morgan fingerprint density at radius 3 is 2.95 bits per heavy atom. The molecule has 21 heavy (non-hydrogen) atoms. The number of hydrogen-bond acceptors (Lipinski definition) is 3.